The first-order valence-electron chi connectivity index (χ1n) is 5.59. The summed E-state index contributed by atoms with van der Waals surface area (Å²) >= 11 is 0. The molecule has 18 heavy (non-hydrogen) atoms. The average molecular weight is 248 g/mol. The van der Waals surface area contributed by atoms with Gasteiger partial charge in [-0.25, -0.2) is 0 Å². The van der Waals surface area contributed by atoms with E-state index in [4.69, 9.17) is 0 Å². The van der Waals surface area contributed by atoms with E-state index >= 15 is 0 Å². The van der Waals surface area contributed by atoms with Crippen molar-refractivity contribution < 1.29 is 19.1 Å². The maximum absolute atomic E-state index is 11.9. The zero-order valence-corrected chi connectivity index (χ0v) is 11.0. The zero-order valence-electron chi connectivity index (χ0n) is 11.0. The molecule has 1 aromatic rings. The Morgan fingerprint density at radius 2 is 1.56 bits per heavy atom. The van der Waals surface area contributed by atoms with Crippen LogP contribution in [0.2, 0.25) is 0 Å². The molecule has 0 saturated carbocycles. The molecule has 96 valence electrons. The van der Waals surface area contributed by atoms with Crippen LogP contribution in [0.1, 0.15) is 33.5 Å². The smallest absolute Gasteiger partial charge is 0.313 e. The van der Waals surface area contributed by atoms with Crippen molar-refractivity contribution in [2.75, 3.05) is 7.11 Å². The van der Waals surface area contributed by atoms with Crippen molar-refractivity contribution >= 4 is 17.5 Å². The summed E-state index contributed by atoms with van der Waals surface area (Å²) in [6.45, 7) is 5.58. The minimum atomic E-state index is -0.742. The van der Waals surface area contributed by atoms with Gasteiger partial charge in [0.05, 0.1) is 7.11 Å². The predicted molar refractivity (Wildman–Crippen MR) is 66.6 cm³/mol. The number of ether oxygens (including phenoxy) is 1. The lowest BCUT2D eigenvalue weighted by Gasteiger charge is -2.08. The van der Waals surface area contributed by atoms with Crippen LogP contribution in [0.5, 0.6) is 0 Å². The second kappa shape index (κ2) is 5.58. The molecule has 0 saturated heterocycles. The van der Waals surface area contributed by atoms with Gasteiger partial charge < -0.3 is 4.74 Å². The Morgan fingerprint density at radius 3 is 2.11 bits per heavy atom. The molecule has 0 aliphatic carbocycles. The minimum absolute atomic E-state index is 0.354. The van der Waals surface area contributed by atoms with E-state index in [9.17, 15) is 14.4 Å². The highest BCUT2D eigenvalue weighted by Gasteiger charge is 2.21. The molecule has 1 rings (SSSR count). The molecule has 0 aliphatic heterocycles. The number of carbonyl (C=O) groups is 3. The molecule has 0 atom stereocenters. The van der Waals surface area contributed by atoms with Gasteiger partial charge in [0.25, 0.3) is 0 Å². The van der Waals surface area contributed by atoms with Gasteiger partial charge in [-0.05, 0) is 43.5 Å². The Labute approximate surface area is 106 Å². The van der Waals surface area contributed by atoms with Gasteiger partial charge in [0, 0.05) is 5.56 Å². The van der Waals surface area contributed by atoms with Crippen LogP contribution in [-0.2, 0) is 14.3 Å². The fourth-order valence-corrected chi connectivity index (χ4v) is 1.64. The minimum Gasteiger partial charge on any atom is -0.469 e. The van der Waals surface area contributed by atoms with E-state index in [0.29, 0.717) is 5.56 Å². The van der Waals surface area contributed by atoms with Crippen molar-refractivity contribution in [2.24, 2.45) is 0 Å². The van der Waals surface area contributed by atoms with Gasteiger partial charge in [-0.15, -0.1) is 0 Å². The summed E-state index contributed by atoms with van der Waals surface area (Å²) in [5.74, 6) is -2.08. The summed E-state index contributed by atoms with van der Waals surface area (Å²) in [6.07, 6.45) is -0.512. The van der Waals surface area contributed by atoms with Gasteiger partial charge in [0.1, 0.15) is 6.42 Å². The highest BCUT2D eigenvalue weighted by molar-refractivity contribution is 6.46. The van der Waals surface area contributed by atoms with Gasteiger partial charge in [-0.2, -0.15) is 0 Å². The number of ketones is 2. The summed E-state index contributed by atoms with van der Waals surface area (Å²) in [6, 6.07) is 3.54. The number of rotatable bonds is 4. The van der Waals surface area contributed by atoms with Crippen LogP contribution in [-0.4, -0.2) is 24.6 Å². The number of methoxy groups -OCH3 is 1. The third-order valence-corrected chi connectivity index (χ3v) is 2.87. The van der Waals surface area contributed by atoms with E-state index in [2.05, 4.69) is 4.74 Å². The molecule has 0 heterocycles. The van der Waals surface area contributed by atoms with Gasteiger partial charge in [-0.1, -0.05) is 6.07 Å². The van der Waals surface area contributed by atoms with Crippen molar-refractivity contribution in [1.82, 2.24) is 0 Å². The normalized spacial score (nSPS) is 10.0. The molecule has 0 bridgehead atoms. The van der Waals surface area contributed by atoms with E-state index in [1.165, 1.54) is 7.11 Å². The molecule has 0 radical (unpaired) electrons. The lowest BCUT2D eigenvalue weighted by Crippen LogP contribution is -2.20. The molecular formula is C14H16O4. The molecule has 0 spiro atoms. The number of benzene rings is 1. The van der Waals surface area contributed by atoms with Crippen molar-refractivity contribution in [3.8, 4) is 0 Å². The van der Waals surface area contributed by atoms with Gasteiger partial charge in [0.2, 0.25) is 11.6 Å². The van der Waals surface area contributed by atoms with Crippen molar-refractivity contribution in [3.63, 3.8) is 0 Å². The number of Topliss-reactive ketones (excluding diaryl/α,β-unsaturated/α-hetero) is 2. The first kappa shape index (κ1) is 14.1. The Balaban J connectivity index is 3.01. The van der Waals surface area contributed by atoms with E-state index in [0.717, 1.165) is 16.7 Å². The molecule has 4 heteroatoms. The van der Waals surface area contributed by atoms with Crippen LogP contribution in [0.4, 0.5) is 0 Å². The maximum Gasteiger partial charge on any atom is 0.313 e. The van der Waals surface area contributed by atoms with Gasteiger partial charge in [-0.3, -0.25) is 14.4 Å². The highest BCUT2D eigenvalue weighted by Crippen LogP contribution is 2.16. The van der Waals surface area contributed by atoms with Crippen LogP contribution in [0, 0.1) is 20.8 Å². The lowest BCUT2D eigenvalue weighted by atomic mass is 9.96. The topological polar surface area (TPSA) is 60.4 Å². The van der Waals surface area contributed by atoms with Crippen LogP contribution in [0.15, 0.2) is 12.1 Å². The summed E-state index contributed by atoms with van der Waals surface area (Å²) in [5.41, 5.74) is 3.09. The number of hydrogen-bond acceptors (Lipinski definition) is 4. The molecule has 0 amide bonds. The maximum atomic E-state index is 11.9. The molecular weight excluding hydrogens is 232 g/mol. The first-order chi connectivity index (χ1) is 8.36. The van der Waals surface area contributed by atoms with Gasteiger partial charge in [0.15, 0.2) is 0 Å². The van der Waals surface area contributed by atoms with E-state index in [1.54, 1.807) is 13.0 Å². The molecule has 0 fully saturated rings. The molecule has 0 aliphatic rings. The third kappa shape index (κ3) is 3.03. The Hall–Kier alpha value is -1.97. The first-order valence-corrected chi connectivity index (χ1v) is 5.59. The predicted octanol–water partition coefficient (Wildman–Crippen LogP) is 1.93. The fraction of sp³-hybridized carbons (Fsp3) is 0.357. The second-order valence-corrected chi connectivity index (χ2v) is 4.26. The number of hydrogen-bond donors (Lipinski definition) is 0. The Kier molecular flexibility index (Phi) is 4.37. The second-order valence-electron chi connectivity index (χ2n) is 4.26. The van der Waals surface area contributed by atoms with Crippen LogP contribution >= 0.6 is 0 Å². The van der Waals surface area contributed by atoms with Crippen LogP contribution in [0.3, 0.4) is 0 Å². The standard InChI is InChI=1S/C14H16O4/c1-8-5-10(3)11(6-9(8)2)14(17)12(15)7-13(16)18-4/h5-6H,7H2,1-4H3. The SMILES string of the molecule is COC(=O)CC(=O)C(=O)c1cc(C)c(C)cc1C. The number of carbonyl (C=O) groups excluding carboxylic acids is 3. The lowest BCUT2D eigenvalue weighted by molar-refractivity contribution is -0.142. The third-order valence-electron chi connectivity index (χ3n) is 2.87. The Bertz CT molecular complexity index is 515. The molecule has 4 nitrogen and oxygen atoms in total. The quantitative estimate of drug-likeness (QED) is 0.353. The fourth-order valence-electron chi connectivity index (χ4n) is 1.64. The van der Waals surface area contributed by atoms with Crippen LogP contribution in [0.25, 0.3) is 0 Å². The monoisotopic (exact) mass is 248 g/mol. The summed E-state index contributed by atoms with van der Waals surface area (Å²) in [7, 11) is 1.18. The molecule has 0 aromatic heterocycles. The molecule has 0 unspecified atom stereocenters. The summed E-state index contributed by atoms with van der Waals surface area (Å²) in [5, 5.41) is 0. The summed E-state index contributed by atoms with van der Waals surface area (Å²) in [4.78, 5) is 34.5. The Morgan fingerprint density at radius 1 is 1.00 bits per heavy atom. The largest absolute Gasteiger partial charge is 0.469 e. The zero-order chi connectivity index (χ0) is 13.9. The number of esters is 1. The average Bonchev–Trinajstić information content (AvgIpc) is 2.32. The van der Waals surface area contributed by atoms with E-state index < -0.39 is 24.0 Å². The van der Waals surface area contributed by atoms with Crippen molar-refractivity contribution in [2.45, 2.75) is 27.2 Å². The van der Waals surface area contributed by atoms with Crippen LogP contribution < -0.4 is 0 Å². The van der Waals surface area contributed by atoms with Crippen molar-refractivity contribution in [1.29, 1.82) is 0 Å². The number of aryl methyl sites for hydroxylation is 3. The highest BCUT2D eigenvalue weighted by atomic mass is 16.5. The molecule has 1 aromatic carbocycles. The van der Waals surface area contributed by atoms with E-state index in [-0.39, 0.29) is 0 Å². The summed E-state index contributed by atoms with van der Waals surface area (Å²) < 4.78 is 4.37. The van der Waals surface area contributed by atoms with E-state index in [1.807, 2.05) is 19.9 Å². The molecule has 0 N–H and O–H groups in total. The van der Waals surface area contributed by atoms with Gasteiger partial charge >= 0.3 is 5.97 Å². The van der Waals surface area contributed by atoms with Crippen molar-refractivity contribution in [3.05, 3.63) is 34.4 Å².